The van der Waals surface area contributed by atoms with Crippen molar-refractivity contribution < 1.29 is 4.39 Å². The normalized spacial score (nSPS) is 10.8. The van der Waals surface area contributed by atoms with Gasteiger partial charge in [-0.3, -0.25) is 4.90 Å². The summed E-state index contributed by atoms with van der Waals surface area (Å²) in [5, 5.41) is 0. The molecule has 2 heteroatoms. The SMILES string of the molecule is CCN(Cc1ccccc1)Cc1cccc(F)c1. The second-order valence-corrected chi connectivity index (χ2v) is 4.42. The summed E-state index contributed by atoms with van der Waals surface area (Å²) in [6.07, 6.45) is 0. The van der Waals surface area contributed by atoms with E-state index in [9.17, 15) is 4.39 Å². The van der Waals surface area contributed by atoms with E-state index in [2.05, 4.69) is 24.0 Å². The van der Waals surface area contributed by atoms with Crippen LogP contribution in [0.3, 0.4) is 0 Å². The van der Waals surface area contributed by atoms with Crippen molar-refractivity contribution in [3.05, 3.63) is 71.5 Å². The molecule has 0 fully saturated rings. The van der Waals surface area contributed by atoms with Gasteiger partial charge in [-0.15, -0.1) is 0 Å². The van der Waals surface area contributed by atoms with Gasteiger partial charge in [0.25, 0.3) is 0 Å². The molecular weight excluding hydrogens is 225 g/mol. The van der Waals surface area contributed by atoms with Gasteiger partial charge in [-0.1, -0.05) is 49.4 Å². The maximum absolute atomic E-state index is 13.1. The Morgan fingerprint density at radius 1 is 0.889 bits per heavy atom. The molecule has 0 aliphatic heterocycles. The highest BCUT2D eigenvalue weighted by molar-refractivity contribution is 5.17. The van der Waals surface area contributed by atoms with E-state index in [-0.39, 0.29) is 5.82 Å². The molecule has 0 saturated heterocycles. The Balaban J connectivity index is 2.01. The maximum Gasteiger partial charge on any atom is 0.123 e. The molecule has 0 unspecified atom stereocenters. The van der Waals surface area contributed by atoms with Gasteiger partial charge in [-0.25, -0.2) is 4.39 Å². The van der Waals surface area contributed by atoms with Gasteiger partial charge in [0.15, 0.2) is 0 Å². The van der Waals surface area contributed by atoms with Gasteiger partial charge in [0.2, 0.25) is 0 Å². The third-order valence-electron chi connectivity index (χ3n) is 2.99. The van der Waals surface area contributed by atoms with E-state index < -0.39 is 0 Å². The quantitative estimate of drug-likeness (QED) is 0.771. The molecule has 1 nitrogen and oxygen atoms in total. The second-order valence-electron chi connectivity index (χ2n) is 4.42. The Labute approximate surface area is 108 Å². The van der Waals surface area contributed by atoms with Crippen molar-refractivity contribution in [2.24, 2.45) is 0 Å². The predicted octanol–water partition coefficient (Wildman–Crippen LogP) is 3.85. The van der Waals surface area contributed by atoms with E-state index in [1.807, 2.05) is 24.3 Å². The van der Waals surface area contributed by atoms with Crippen LogP contribution >= 0.6 is 0 Å². The Kier molecular flexibility index (Phi) is 4.48. The Hall–Kier alpha value is -1.67. The van der Waals surface area contributed by atoms with Gasteiger partial charge in [-0.2, -0.15) is 0 Å². The van der Waals surface area contributed by atoms with Crippen LogP contribution < -0.4 is 0 Å². The summed E-state index contributed by atoms with van der Waals surface area (Å²) in [4.78, 5) is 2.30. The van der Waals surface area contributed by atoms with Crippen molar-refractivity contribution >= 4 is 0 Å². The predicted molar refractivity (Wildman–Crippen MR) is 72.6 cm³/mol. The Morgan fingerprint density at radius 3 is 2.22 bits per heavy atom. The van der Waals surface area contributed by atoms with Crippen molar-refractivity contribution in [2.45, 2.75) is 20.0 Å². The topological polar surface area (TPSA) is 3.24 Å². The molecule has 0 spiro atoms. The number of nitrogens with zero attached hydrogens (tertiary/aromatic N) is 1. The summed E-state index contributed by atoms with van der Waals surface area (Å²) in [6, 6.07) is 17.2. The molecule has 0 N–H and O–H groups in total. The molecule has 2 aromatic rings. The molecule has 0 aromatic heterocycles. The molecule has 0 bridgehead atoms. The number of hydrogen-bond acceptors (Lipinski definition) is 1. The fourth-order valence-electron chi connectivity index (χ4n) is 2.01. The number of hydrogen-bond donors (Lipinski definition) is 0. The zero-order valence-corrected chi connectivity index (χ0v) is 10.6. The zero-order valence-electron chi connectivity index (χ0n) is 10.6. The molecule has 0 aliphatic rings. The number of halogens is 1. The van der Waals surface area contributed by atoms with Crippen molar-refractivity contribution in [2.75, 3.05) is 6.54 Å². The van der Waals surface area contributed by atoms with Crippen LogP contribution in [0.25, 0.3) is 0 Å². The largest absolute Gasteiger partial charge is 0.295 e. The monoisotopic (exact) mass is 243 g/mol. The fraction of sp³-hybridized carbons (Fsp3) is 0.250. The summed E-state index contributed by atoms with van der Waals surface area (Å²) < 4.78 is 13.1. The van der Waals surface area contributed by atoms with Crippen LogP contribution in [0, 0.1) is 5.82 Å². The maximum atomic E-state index is 13.1. The second kappa shape index (κ2) is 6.31. The molecule has 0 heterocycles. The molecule has 0 radical (unpaired) electrons. The van der Waals surface area contributed by atoms with Gasteiger partial charge < -0.3 is 0 Å². The summed E-state index contributed by atoms with van der Waals surface area (Å²) in [7, 11) is 0. The first-order valence-corrected chi connectivity index (χ1v) is 6.28. The van der Waals surface area contributed by atoms with E-state index in [0.29, 0.717) is 0 Å². The minimum Gasteiger partial charge on any atom is -0.295 e. The molecule has 94 valence electrons. The minimum absolute atomic E-state index is 0.164. The number of benzene rings is 2. The van der Waals surface area contributed by atoms with Crippen LogP contribution in [0.5, 0.6) is 0 Å². The highest BCUT2D eigenvalue weighted by Gasteiger charge is 2.05. The minimum atomic E-state index is -0.164. The van der Waals surface area contributed by atoms with Gasteiger partial charge >= 0.3 is 0 Å². The molecule has 2 aromatic carbocycles. The van der Waals surface area contributed by atoms with Crippen LogP contribution in [0.1, 0.15) is 18.1 Å². The first-order chi connectivity index (χ1) is 8.78. The average molecular weight is 243 g/mol. The van der Waals surface area contributed by atoms with Crippen molar-refractivity contribution in [3.63, 3.8) is 0 Å². The van der Waals surface area contributed by atoms with Crippen LogP contribution in [-0.4, -0.2) is 11.4 Å². The van der Waals surface area contributed by atoms with E-state index in [1.165, 1.54) is 11.6 Å². The third kappa shape index (κ3) is 3.67. The number of rotatable bonds is 5. The molecule has 2 rings (SSSR count). The van der Waals surface area contributed by atoms with E-state index in [4.69, 9.17) is 0 Å². The first-order valence-electron chi connectivity index (χ1n) is 6.28. The summed E-state index contributed by atoms with van der Waals surface area (Å²) in [5.74, 6) is -0.164. The standard InChI is InChI=1S/C16H18FN/c1-2-18(12-14-7-4-3-5-8-14)13-15-9-6-10-16(17)11-15/h3-11H,2,12-13H2,1H3. The first kappa shape index (κ1) is 12.8. The van der Waals surface area contributed by atoms with Gasteiger partial charge in [-0.05, 0) is 29.8 Å². The molecule has 0 amide bonds. The Morgan fingerprint density at radius 2 is 1.56 bits per heavy atom. The summed E-state index contributed by atoms with van der Waals surface area (Å²) >= 11 is 0. The van der Waals surface area contributed by atoms with Gasteiger partial charge in [0.05, 0.1) is 0 Å². The highest BCUT2D eigenvalue weighted by atomic mass is 19.1. The third-order valence-corrected chi connectivity index (χ3v) is 2.99. The lowest BCUT2D eigenvalue weighted by molar-refractivity contribution is 0.271. The smallest absolute Gasteiger partial charge is 0.123 e. The molecule has 0 aliphatic carbocycles. The average Bonchev–Trinajstić information content (AvgIpc) is 2.39. The van der Waals surface area contributed by atoms with Crippen LogP contribution in [-0.2, 0) is 13.1 Å². The van der Waals surface area contributed by atoms with Crippen molar-refractivity contribution in [1.82, 2.24) is 4.90 Å². The highest BCUT2D eigenvalue weighted by Crippen LogP contribution is 2.10. The van der Waals surface area contributed by atoms with Crippen LogP contribution in [0.2, 0.25) is 0 Å². The van der Waals surface area contributed by atoms with Crippen LogP contribution in [0.15, 0.2) is 54.6 Å². The summed E-state index contributed by atoms with van der Waals surface area (Å²) in [5.41, 5.74) is 2.31. The molecule has 0 atom stereocenters. The molecule has 0 saturated carbocycles. The lowest BCUT2D eigenvalue weighted by Crippen LogP contribution is -2.22. The lowest BCUT2D eigenvalue weighted by atomic mass is 10.1. The van der Waals surface area contributed by atoms with E-state index >= 15 is 0 Å². The van der Waals surface area contributed by atoms with E-state index in [0.717, 1.165) is 25.2 Å². The fourth-order valence-corrected chi connectivity index (χ4v) is 2.01. The molecular formula is C16H18FN. The van der Waals surface area contributed by atoms with Crippen molar-refractivity contribution in [1.29, 1.82) is 0 Å². The molecule has 18 heavy (non-hydrogen) atoms. The van der Waals surface area contributed by atoms with E-state index in [1.54, 1.807) is 12.1 Å². The van der Waals surface area contributed by atoms with Crippen LogP contribution in [0.4, 0.5) is 4.39 Å². The zero-order chi connectivity index (χ0) is 12.8. The summed E-state index contributed by atoms with van der Waals surface area (Å²) in [6.45, 7) is 4.75. The van der Waals surface area contributed by atoms with Gasteiger partial charge in [0.1, 0.15) is 5.82 Å². The lowest BCUT2D eigenvalue weighted by Gasteiger charge is -2.20. The van der Waals surface area contributed by atoms with Crippen molar-refractivity contribution in [3.8, 4) is 0 Å². The Bertz CT molecular complexity index is 481. The van der Waals surface area contributed by atoms with Gasteiger partial charge in [0, 0.05) is 13.1 Å².